The molecule has 4 heteroatoms. The van der Waals surface area contributed by atoms with Crippen LogP contribution in [-0.4, -0.2) is 30.2 Å². The Morgan fingerprint density at radius 1 is 1.09 bits per heavy atom. The van der Waals surface area contributed by atoms with Crippen LogP contribution in [0.2, 0.25) is 0 Å². The van der Waals surface area contributed by atoms with Crippen LogP contribution in [-0.2, 0) is 11.3 Å². The third-order valence-electron chi connectivity index (χ3n) is 3.35. The number of carbonyl (C=O) groups is 1. The number of benzene rings is 2. The SMILES string of the molecule is C[C@@H](CO)NC(=O)CN(Cc1ccccc1)c1ccccc1. The van der Waals surface area contributed by atoms with Crippen LogP contribution in [0.25, 0.3) is 0 Å². The van der Waals surface area contributed by atoms with Crippen LogP contribution in [0.3, 0.4) is 0 Å². The Bertz CT molecular complexity index is 572. The summed E-state index contributed by atoms with van der Waals surface area (Å²) < 4.78 is 0. The number of hydrogen-bond acceptors (Lipinski definition) is 3. The molecule has 0 unspecified atom stereocenters. The first-order chi connectivity index (χ1) is 10.7. The normalized spacial score (nSPS) is 11.7. The molecule has 0 saturated heterocycles. The predicted octanol–water partition coefficient (Wildman–Crippen LogP) is 2.19. The smallest absolute Gasteiger partial charge is 0.239 e. The third-order valence-corrected chi connectivity index (χ3v) is 3.35. The summed E-state index contributed by atoms with van der Waals surface area (Å²) in [6.45, 7) is 2.63. The number of anilines is 1. The number of para-hydroxylation sites is 1. The van der Waals surface area contributed by atoms with Crippen LogP contribution in [0.1, 0.15) is 12.5 Å². The summed E-state index contributed by atoms with van der Waals surface area (Å²) in [6, 6.07) is 19.7. The summed E-state index contributed by atoms with van der Waals surface area (Å²) in [5, 5.41) is 11.8. The molecule has 116 valence electrons. The van der Waals surface area contributed by atoms with Crippen LogP contribution >= 0.6 is 0 Å². The molecule has 0 radical (unpaired) electrons. The summed E-state index contributed by atoms with van der Waals surface area (Å²) >= 11 is 0. The topological polar surface area (TPSA) is 52.6 Å². The van der Waals surface area contributed by atoms with Crippen molar-refractivity contribution in [1.82, 2.24) is 5.32 Å². The van der Waals surface area contributed by atoms with Crippen molar-refractivity contribution in [3.8, 4) is 0 Å². The van der Waals surface area contributed by atoms with Gasteiger partial charge in [0.1, 0.15) is 0 Å². The Balaban J connectivity index is 2.10. The fourth-order valence-electron chi connectivity index (χ4n) is 2.22. The fraction of sp³-hybridized carbons (Fsp3) is 0.278. The predicted molar refractivity (Wildman–Crippen MR) is 88.6 cm³/mol. The lowest BCUT2D eigenvalue weighted by Gasteiger charge is -2.25. The zero-order chi connectivity index (χ0) is 15.8. The Hall–Kier alpha value is -2.33. The van der Waals surface area contributed by atoms with Crippen molar-refractivity contribution >= 4 is 11.6 Å². The van der Waals surface area contributed by atoms with Crippen LogP contribution in [0.15, 0.2) is 60.7 Å². The standard InChI is InChI=1S/C18H22N2O2/c1-15(14-21)19-18(22)13-20(17-10-6-3-7-11-17)12-16-8-4-2-5-9-16/h2-11,15,21H,12-14H2,1H3,(H,19,22)/t15-/m0/s1. The van der Waals surface area contributed by atoms with Crippen LogP contribution in [0.4, 0.5) is 5.69 Å². The van der Waals surface area contributed by atoms with E-state index in [9.17, 15) is 4.79 Å². The van der Waals surface area contributed by atoms with Crippen molar-refractivity contribution in [2.75, 3.05) is 18.1 Å². The van der Waals surface area contributed by atoms with E-state index in [1.54, 1.807) is 6.92 Å². The monoisotopic (exact) mass is 298 g/mol. The first-order valence-corrected chi connectivity index (χ1v) is 7.43. The number of nitrogens with one attached hydrogen (secondary N) is 1. The van der Waals surface area contributed by atoms with Crippen LogP contribution < -0.4 is 10.2 Å². The maximum absolute atomic E-state index is 12.1. The highest BCUT2D eigenvalue weighted by molar-refractivity contribution is 5.81. The van der Waals surface area contributed by atoms with E-state index in [1.807, 2.05) is 65.6 Å². The highest BCUT2D eigenvalue weighted by atomic mass is 16.3. The van der Waals surface area contributed by atoms with Gasteiger partial charge < -0.3 is 15.3 Å². The molecule has 0 heterocycles. The second-order valence-electron chi connectivity index (χ2n) is 5.33. The van der Waals surface area contributed by atoms with E-state index in [4.69, 9.17) is 5.11 Å². The lowest BCUT2D eigenvalue weighted by Crippen LogP contribution is -2.42. The van der Waals surface area contributed by atoms with Crippen molar-refractivity contribution in [1.29, 1.82) is 0 Å². The van der Waals surface area contributed by atoms with Crippen molar-refractivity contribution < 1.29 is 9.90 Å². The number of aliphatic hydroxyl groups is 1. The minimum absolute atomic E-state index is 0.0598. The quantitative estimate of drug-likeness (QED) is 0.824. The fourth-order valence-corrected chi connectivity index (χ4v) is 2.22. The Labute approximate surface area is 131 Å². The molecule has 1 amide bonds. The van der Waals surface area contributed by atoms with Gasteiger partial charge in [-0.2, -0.15) is 0 Å². The first kappa shape index (κ1) is 16.0. The van der Waals surface area contributed by atoms with E-state index in [0.29, 0.717) is 6.54 Å². The maximum atomic E-state index is 12.1. The molecule has 2 aromatic carbocycles. The minimum atomic E-state index is -0.234. The highest BCUT2D eigenvalue weighted by Gasteiger charge is 2.13. The molecule has 0 spiro atoms. The molecule has 22 heavy (non-hydrogen) atoms. The Morgan fingerprint density at radius 2 is 1.68 bits per heavy atom. The molecule has 2 aromatic rings. The number of amides is 1. The molecule has 2 N–H and O–H groups in total. The first-order valence-electron chi connectivity index (χ1n) is 7.43. The summed E-state index contributed by atoms with van der Waals surface area (Å²) in [4.78, 5) is 14.1. The average molecular weight is 298 g/mol. The molecule has 0 saturated carbocycles. The number of nitrogens with zero attached hydrogens (tertiary/aromatic N) is 1. The lowest BCUT2D eigenvalue weighted by atomic mass is 10.2. The van der Waals surface area contributed by atoms with Gasteiger partial charge in [0.05, 0.1) is 13.2 Å². The second-order valence-corrected chi connectivity index (χ2v) is 5.33. The molecular weight excluding hydrogens is 276 g/mol. The zero-order valence-electron chi connectivity index (χ0n) is 12.8. The molecule has 2 rings (SSSR count). The highest BCUT2D eigenvalue weighted by Crippen LogP contribution is 2.16. The van der Waals surface area contributed by atoms with E-state index < -0.39 is 0 Å². The van der Waals surface area contributed by atoms with Crippen LogP contribution in [0.5, 0.6) is 0 Å². The summed E-state index contributed by atoms with van der Waals surface area (Å²) in [5.41, 5.74) is 2.15. The number of rotatable bonds is 7. The van der Waals surface area contributed by atoms with Gasteiger partial charge >= 0.3 is 0 Å². The van der Waals surface area contributed by atoms with Gasteiger partial charge in [-0.1, -0.05) is 48.5 Å². The molecule has 0 aliphatic heterocycles. The van der Waals surface area contributed by atoms with E-state index >= 15 is 0 Å². The van der Waals surface area contributed by atoms with E-state index in [0.717, 1.165) is 11.3 Å². The van der Waals surface area contributed by atoms with Crippen molar-refractivity contribution in [3.05, 3.63) is 66.2 Å². The van der Waals surface area contributed by atoms with Gasteiger partial charge in [0.2, 0.25) is 5.91 Å². The number of carbonyl (C=O) groups excluding carboxylic acids is 1. The minimum Gasteiger partial charge on any atom is -0.394 e. The molecule has 0 aliphatic carbocycles. The third kappa shape index (κ3) is 4.90. The van der Waals surface area contributed by atoms with Gasteiger partial charge in [0.25, 0.3) is 0 Å². The second kappa shape index (κ2) is 8.20. The number of hydrogen-bond donors (Lipinski definition) is 2. The molecule has 1 atom stereocenters. The average Bonchev–Trinajstić information content (AvgIpc) is 2.56. The Kier molecular flexibility index (Phi) is 5.98. The molecule has 0 bridgehead atoms. The van der Waals surface area contributed by atoms with E-state index in [-0.39, 0.29) is 25.1 Å². The zero-order valence-corrected chi connectivity index (χ0v) is 12.8. The summed E-state index contributed by atoms with van der Waals surface area (Å²) in [5.74, 6) is -0.0960. The molecular formula is C18H22N2O2. The number of aliphatic hydroxyl groups excluding tert-OH is 1. The van der Waals surface area contributed by atoms with E-state index in [2.05, 4.69) is 5.32 Å². The van der Waals surface area contributed by atoms with Gasteiger partial charge in [0, 0.05) is 18.3 Å². The van der Waals surface area contributed by atoms with Crippen molar-refractivity contribution in [3.63, 3.8) is 0 Å². The summed E-state index contributed by atoms with van der Waals surface area (Å²) in [7, 11) is 0. The van der Waals surface area contributed by atoms with Gasteiger partial charge in [-0.3, -0.25) is 4.79 Å². The van der Waals surface area contributed by atoms with E-state index in [1.165, 1.54) is 0 Å². The Morgan fingerprint density at radius 3 is 2.27 bits per heavy atom. The van der Waals surface area contributed by atoms with Gasteiger partial charge in [-0.25, -0.2) is 0 Å². The van der Waals surface area contributed by atoms with Gasteiger partial charge in [0.15, 0.2) is 0 Å². The summed E-state index contributed by atoms with van der Waals surface area (Å²) in [6.07, 6.45) is 0. The maximum Gasteiger partial charge on any atom is 0.239 e. The van der Waals surface area contributed by atoms with Gasteiger partial charge in [-0.15, -0.1) is 0 Å². The van der Waals surface area contributed by atoms with Crippen LogP contribution in [0, 0.1) is 0 Å². The molecule has 0 aromatic heterocycles. The lowest BCUT2D eigenvalue weighted by molar-refractivity contribution is -0.120. The molecule has 0 aliphatic rings. The largest absolute Gasteiger partial charge is 0.394 e. The molecule has 4 nitrogen and oxygen atoms in total. The van der Waals surface area contributed by atoms with Gasteiger partial charge in [-0.05, 0) is 24.6 Å². The molecule has 0 fully saturated rings. The van der Waals surface area contributed by atoms with Crippen molar-refractivity contribution in [2.24, 2.45) is 0 Å². The van der Waals surface area contributed by atoms with Crippen molar-refractivity contribution in [2.45, 2.75) is 19.5 Å².